The highest BCUT2D eigenvalue weighted by atomic mass is 16.5. The quantitative estimate of drug-likeness (QED) is 0.518. The van der Waals surface area contributed by atoms with Gasteiger partial charge in [0.15, 0.2) is 5.82 Å². The molecule has 1 amide bonds. The SMILES string of the molecule is COc1ccccc1-c1nc(CN2CCc3cc(C(=O)NO)ccc3C2)no1. The van der Waals surface area contributed by atoms with Crippen molar-refractivity contribution >= 4 is 5.91 Å². The van der Waals surface area contributed by atoms with E-state index in [2.05, 4.69) is 15.0 Å². The zero-order valence-electron chi connectivity index (χ0n) is 15.4. The van der Waals surface area contributed by atoms with Crippen molar-refractivity contribution in [2.45, 2.75) is 19.5 Å². The van der Waals surface area contributed by atoms with E-state index >= 15 is 0 Å². The van der Waals surface area contributed by atoms with Crippen molar-refractivity contribution in [2.24, 2.45) is 0 Å². The monoisotopic (exact) mass is 380 g/mol. The predicted octanol–water partition coefficient (Wildman–Crippen LogP) is 2.42. The normalized spacial score (nSPS) is 13.8. The number of methoxy groups -OCH3 is 1. The first kappa shape index (κ1) is 18.1. The number of carbonyl (C=O) groups excluding carboxylic acids is 1. The number of amides is 1. The molecular formula is C20H20N4O4. The van der Waals surface area contributed by atoms with Crippen molar-refractivity contribution in [3.63, 3.8) is 0 Å². The lowest BCUT2D eigenvalue weighted by molar-refractivity contribution is 0.0706. The molecule has 0 unspecified atom stereocenters. The lowest BCUT2D eigenvalue weighted by atomic mass is 9.97. The zero-order chi connectivity index (χ0) is 19.5. The number of aromatic nitrogens is 2. The molecule has 0 saturated carbocycles. The van der Waals surface area contributed by atoms with Gasteiger partial charge in [0.05, 0.1) is 19.2 Å². The lowest BCUT2D eigenvalue weighted by Gasteiger charge is -2.27. The van der Waals surface area contributed by atoms with E-state index in [4.69, 9.17) is 14.5 Å². The molecule has 1 aliphatic heterocycles. The highest BCUT2D eigenvalue weighted by Gasteiger charge is 2.20. The summed E-state index contributed by atoms with van der Waals surface area (Å²) in [5.74, 6) is 1.23. The minimum absolute atomic E-state index is 0.435. The third-order valence-electron chi connectivity index (χ3n) is 4.83. The van der Waals surface area contributed by atoms with E-state index in [0.29, 0.717) is 29.6 Å². The van der Waals surface area contributed by atoms with Gasteiger partial charge in [0.25, 0.3) is 11.8 Å². The molecule has 1 aromatic heterocycles. The fourth-order valence-electron chi connectivity index (χ4n) is 3.40. The van der Waals surface area contributed by atoms with Crippen molar-refractivity contribution in [3.8, 4) is 17.2 Å². The average Bonchev–Trinajstić information content (AvgIpc) is 3.21. The van der Waals surface area contributed by atoms with Gasteiger partial charge in [0.1, 0.15) is 5.75 Å². The number of benzene rings is 2. The van der Waals surface area contributed by atoms with Crippen LogP contribution in [0.5, 0.6) is 5.75 Å². The Kier molecular flexibility index (Phi) is 5.05. The first-order valence-corrected chi connectivity index (χ1v) is 8.92. The second-order valence-corrected chi connectivity index (χ2v) is 6.60. The van der Waals surface area contributed by atoms with E-state index in [1.54, 1.807) is 18.7 Å². The minimum atomic E-state index is -0.499. The van der Waals surface area contributed by atoms with Crippen LogP contribution in [0.15, 0.2) is 47.0 Å². The van der Waals surface area contributed by atoms with Gasteiger partial charge < -0.3 is 9.26 Å². The molecule has 2 N–H and O–H groups in total. The van der Waals surface area contributed by atoms with Crippen LogP contribution in [0, 0.1) is 0 Å². The molecule has 2 heterocycles. The van der Waals surface area contributed by atoms with Gasteiger partial charge >= 0.3 is 0 Å². The molecule has 0 atom stereocenters. The number of rotatable bonds is 5. The van der Waals surface area contributed by atoms with Gasteiger partial charge in [-0.15, -0.1) is 0 Å². The number of carbonyl (C=O) groups is 1. The van der Waals surface area contributed by atoms with Gasteiger partial charge in [-0.05, 0) is 41.8 Å². The first-order valence-electron chi connectivity index (χ1n) is 8.92. The zero-order valence-corrected chi connectivity index (χ0v) is 15.4. The third-order valence-corrected chi connectivity index (χ3v) is 4.83. The van der Waals surface area contributed by atoms with Crippen molar-refractivity contribution in [2.75, 3.05) is 13.7 Å². The fraction of sp³-hybridized carbons (Fsp3) is 0.250. The number of hydrogen-bond donors (Lipinski definition) is 2. The van der Waals surface area contributed by atoms with Crippen LogP contribution in [0.3, 0.4) is 0 Å². The number of para-hydroxylation sites is 1. The van der Waals surface area contributed by atoms with Crippen LogP contribution in [-0.2, 0) is 19.5 Å². The van der Waals surface area contributed by atoms with E-state index in [-0.39, 0.29) is 0 Å². The van der Waals surface area contributed by atoms with Crippen LogP contribution in [-0.4, -0.2) is 39.8 Å². The molecule has 8 nitrogen and oxygen atoms in total. The Bertz CT molecular complexity index is 1000. The number of nitrogens with zero attached hydrogens (tertiary/aromatic N) is 3. The fourth-order valence-corrected chi connectivity index (χ4v) is 3.40. The van der Waals surface area contributed by atoms with Crippen molar-refractivity contribution in [1.29, 1.82) is 0 Å². The summed E-state index contributed by atoms with van der Waals surface area (Å²) in [7, 11) is 1.61. The Labute approximate surface area is 161 Å². The number of hydrogen-bond acceptors (Lipinski definition) is 7. The second-order valence-electron chi connectivity index (χ2n) is 6.60. The molecule has 28 heavy (non-hydrogen) atoms. The molecule has 1 aliphatic rings. The number of hydroxylamine groups is 1. The largest absolute Gasteiger partial charge is 0.496 e. The van der Waals surface area contributed by atoms with Crippen molar-refractivity contribution in [1.82, 2.24) is 20.5 Å². The minimum Gasteiger partial charge on any atom is -0.496 e. The highest BCUT2D eigenvalue weighted by molar-refractivity contribution is 5.93. The molecular weight excluding hydrogens is 360 g/mol. The molecule has 4 rings (SSSR count). The summed E-state index contributed by atoms with van der Waals surface area (Å²) < 4.78 is 10.8. The topological polar surface area (TPSA) is 101 Å². The number of fused-ring (bicyclic) bond motifs is 1. The van der Waals surface area contributed by atoms with E-state index in [1.807, 2.05) is 36.4 Å². The Hall–Kier alpha value is -3.23. The Morgan fingerprint density at radius 2 is 2.14 bits per heavy atom. The van der Waals surface area contributed by atoms with E-state index in [1.165, 1.54) is 0 Å². The first-order chi connectivity index (χ1) is 13.7. The van der Waals surface area contributed by atoms with Crippen molar-refractivity contribution < 1.29 is 19.3 Å². The van der Waals surface area contributed by atoms with Crippen LogP contribution >= 0.6 is 0 Å². The molecule has 8 heteroatoms. The van der Waals surface area contributed by atoms with E-state index in [0.717, 1.165) is 36.2 Å². The lowest BCUT2D eigenvalue weighted by Crippen LogP contribution is -2.31. The van der Waals surface area contributed by atoms with Gasteiger partial charge in [0, 0.05) is 18.7 Å². The Morgan fingerprint density at radius 3 is 2.96 bits per heavy atom. The summed E-state index contributed by atoms with van der Waals surface area (Å²) in [6.07, 6.45) is 0.805. The molecule has 0 fully saturated rings. The smallest absolute Gasteiger partial charge is 0.274 e. The van der Waals surface area contributed by atoms with Gasteiger partial charge in [0.2, 0.25) is 0 Å². The summed E-state index contributed by atoms with van der Waals surface area (Å²) in [6.45, 7) is 2.11. The summed E-state index contributed by atoms with van der Waals surface area (Å²) >= 11 is 0. The maximum absolute atomic E-state index is 11.6. The molecule has 3 aromatic rings. The van der Waals surface area contributed by atoms with Gasteiger partial charge in [-0.3, -0.25) is 14.9 Å². The molecule has 0 spiro atoms. The van der Waals surface area contributed by atoms with Crippen LogP contribution in [0.4, 0.5) is 0 Å². The van der Waals surface area contributed by atoms with E-state index in [9.17, 15) is 4.79 Å². The molecule has 0 aliphatic carbocycles. The Morgan fingerprint density at radius 1 is 1.29 bits per heavy atom. The van der Waals surface area contributed by atoms with Crippen LogP contribution in [0.25, 0.3) is 11.5 Å². The maximum Gasteiger partial charge on any atom is 0.274 e. The predicted molar refractivity (Wildman–Crippen MR) is 99.8 cm³/mol. The molecule has 0 radical (unpaired) electrons. The van der Waals surface area contributed by atoms with Crippen LogP contribution < -0.4 is 10.2 Å². The summed E-state index contributed by atoms with van der Waals surface area (Å²) in [5, 5.41) is 12.9. The molecule has 0 saturated heterocycles. The molecule has 0 bridgehead atoms. The highest BCUT2D eigenvalue weighted by Crippen LogP contribution is 2.28. The van der Waals surface area contributed by atoms with Crippen molar-refractivity contribution in [3.05, 3.63) is 65.0 Å². The summed E-state index contributed by atoms with van der Waals surface area (Å²) in [4.78, 5) is 18.3. The molecule has 144 valence electrons. The summed E-state index contributed by atoms with van der Waals surface area (Å²) in [5.41, 5.74) is 5.15. The average molecular weight is 380 g/mol. The summed E-state index contributed by atoms with van der Waals surface area (Å²) in [6, 6.07) is 13.0. The van der Waals surface area contributed by atoms with Crippen LogP contribution in [0.1, 0.15) is 27.3 Å². The third kappa shape index (κ3) is 3.60. The number of nitrogens with one attached hydrogen (secondary N) is 1. The van der Waals surface area contributed by atoms with Gasteiger partial charge in [-0.1, -0.05) is 23.4 Å². The van der Waals surface area contributed by atoms with Gasteiger partial charge in [-0.25, -0.2) is 5.48 Å². The van der Waals surface area contributed by atoms with Gasteiger partial charge in [-0.2, -0.15) is 4.98 Å². The standard InChI is InChI=1S/C20H20N4O4/c1-27-17-5-3-2-4-16(17)20-21-18(23-28-20)12-24-9-8-13-10-14(19(25)22-26)6-7-15(13)11-24/h2-7,10,26H,8-9,11-12H2,1H3,(H,22,25). The maximum atomic E-state index is 11.6. The molecule has 2 aromatic carbocycles. The Balaban J connectivity index is 1.47. The number of ether oxygens (including phenoxy) is 1. The van der Waals surface area contributed by atoms with E-state index < -0.39 is 5.91 Å². The second kappa shape index (κ2) is 7.79. The van der Waals surface area contributed by atoms with Crippen LogP contribution in [0.2, 0.25) is 0 Å².